The molecule has 0 aliphatic carbocycles. The number of aromatic nitrogens is 6. The first-order valence-electron chi connectivity index (χ1n) is 8.35. The largest absolute Gasteiger partial charge is 0.497 e. The number of nitrogens with one attached hydrogen (secondary N) is 1. The van der Waals surface area contributed by atoms with E-state index in [2.05, 4.69) is 32.3 Å². The third-order valence-corrected chi connectivity index (χ3v) is 4.14. The summed E-state index contributed by atoms with van der Waals surface area (Å²) in [5.74, 6) is 1.52. The van der Waals surface area contributed by atoms with Crippen LogP contribution in [0.5, 0.6) is 5.75 Å². The number of hydrogen-bond acceptors (Lipinski definition) is 6. The number of fused-ring (bicyclic) bond motifs is 1. The molecule has 0 fully saturated rings. The van der Waals surface area contributed by atoms with Crippen molar-refractivity contribution in [3.05, 3.63) is 54.9 Å². The van der Waals surface area contributed by atoms with Gasteiger partial charge in [-0.3, -0.25) is 4.68 Å². The van der Waals surface area contributed by atoms with Crippen LogP contribution in [0.4, 0.5) is 11.5 Å². The second-order valence-corrected chi connectivity index (χ2v) is 5.82. The smallest absolute Gasteiger partial charge is 0.165 e. The van der Waals surface area contributed by atoms with Crippen molar-refractivity contribution in [2.45, 2.75) is 20.0 Å². The first-order chi connectivity index (χ1) is 12.8. The molecule has 0 unspecified atom stereocenters. The van der Waals surface area contributed by atoms with Crippen LogP contribution >= 0.6 is 0 Å². The number of nitrogens with zero attached hydrogens (tertiary/aromatic N) is 6. The van der Waals surface area contributed by atoms with E-state index in [0.717, 1.165) is 34.7 Å². The Morgan fingerprint density at radius 3 is 2.73 bits per heavy atom. The lowest BCUT2D eigenvalue weighted by molar-refractivity contribution is 0.414. The van der Waals surface area contributed by atoms with Gasteiger partial charge >= 0.3 is 0 Å². The molecule has 1 N–H and O–H groups in total. The lowest BCUT2D eigenvalue weighted by Gasteiger charge is -2.04. The molecule has 26 heavy (non-hydrogen) atoms. The third kappa shape index (κ3) is 3.08. The minimum Gasteiger partial charge on any atom is -0.497 e. The van der Waals surface area contributed by atoms with Crippen molar-refractivity contribution in [2.75, 3.05) is 12.4 Å². The molecule has 8 nitrogen and oxygen atoms in total. The second-order valence-electron chi connectivity index (χ2n) is 5.82. The van der Waals surface area contributed by atoms with Crippen molar-refractivity contribution in [3.8, 4) is 5.75 Å². The molecule has 0 saturated heterocycles. The normalized spacial score (nSPS) is 11.0. The highest BCUT2D eigenvalue weighted by Gasteiger charge is 2.10. The van der Waals surface area contributed by atoms with Crippen molar-refractivity contribution in [1.82, 2.24) is 29.3 Å². The summed E-state index contributed by atoms with van der Waals surface area (Å²) in [6, 6.07) is 7.94. The molecular formula is C18H19N7O. The van der Waals surface area contributed by atoms with Crippen LogP contribution in [0.1, 0.15) is 12.5 Å². The van der Waals surface area contributed by atoms with E-state index in [-0.39, 0.29) is 0 Å². The summed E-state index contributed by atoms with van der Waals surface area (Å²) in [5, 5.41) is 7.68. The Balaban J connectivity index is 1.52. The zero-order valence-corrected chi connectivity index (χ0v) is 14.6. The van der Waals surface area contributed by atoms with E-state index in [1.54, 1.807) is 26.0 Å². The topological polar surface area (TPSA) is 82.7 Å². The Bertz CT molecular complexity index is 1020. The zero-order valence-electron chi connectivity index (χ0n) is 14.6. The SMILES string of the molecule is CCn1cnc2c(Nc3cnn(Cc4ccc(OC)cc4)c3)ncnc21. The summed E-state index contributed by atoms with van der Waals surface area (Å²) in [6.07, 6.45) is 7.03. The molecule has 0 amide bonds. The molecule has 0 radical (unpaired) electrons. The fourth-order valence-electron chi connectivity index (χ4n) is 2.77. The Morgan fingerprint density at radius 1 is 1.12 bits per heavy atom. The van der Waals surface area contributed by atoms with Crippen LogP contribution in [-0.2, 0) is 13.1 Å². The average molecular weight is 349 g/mol. The van der Waals surface area contributed by atoms with Crippen molar-refractivity contribution in [2.24, 2.45) is 0 Å². The maximum Gasteiger partial charge on any atom is 0.165 e. The van der Waals surface area contributed by atoms with E-state index in [1.165, 1.54) is 0 Å². The number of anilines is 2. The molecule has 0 aliphatic rings. The van der Waals surface area contributed by atoms with Crippen LogP contribution in [0.15, 0.2) is 49.3 Å². The molecule has 4 aromatic rings. The number of aryl methyl sites for hydroxylation is 1. The summed E-state index contributed by atoms with van der Waals surface area (Å²) in [6.45, 7) is 3.54. The molecule has 0 aliphatic heterocycles. The number of benzene rings is 1. The van der Waals surface area contributed by atoms with E-state index < -0.39 is 0 Å². The van der Waals surface area contributed by atoms with Crippen LogP contribution < -0.4 is 10.1 Å². The minimum atomic E-state index is 0.672. The van der Waals surface area contributed by atoms with Gasteiger partial charge in [0.05, 0.1) is 31.9 Å². The summed E-state index contributed by atoms with van der Waals surface area (Å²) < 4.78 is 9.03. The maximum absolute atomic E-state index is 5.18. The van der Waals surface area contributed by atoms with E-state index in [9.17, 15) is 0 Å². The van der Waals surface area contributed by atoms with E-state index >= 15 is 0 Å². The van der Waals surface area contributed by atoms with Crippen molar-refractivity contribution in [3.63, 3.8) is 0 Å². The lowest BCUT2D eigenvalue weighted by Crippen LogP contribution is -2.00. The van der Waals surface area contributed by atoms with E-state index in [4.69, 9.17) is 4.74 Å². The first kappa shape index (κ1) is 16.1. The van der Waals surface area contributed by atoms with Crippen LogP contribution in [0.2, 0.25) is 0 Å². The number of methoxy groups -OCH3 is 1. The van der Waals surface area contributed by atoms with Crippen LogP contribution in [-0.4, -0.2) is 36.4 Å². The van der Waals surface area contributed by atoms with Crippen molar-refractivity contribution in [1.29, 1.82) is 0 Å². The van der Waals surface area contributed by atoms with Gasteiger partial charge in [0, 0.05) is 12.7 Å². The molecule has 132 valence electrons. The fraction of sp³-hybridized carbons (Fsp3) is 0.222. The van der Waals surface area contributed by atoms with Gasteiger partial charge in [-0.1, -0.05) is 12.1 Å². The van der Waals surface area contributed by atoms with Crippen molar-refractivity contribution >= 4 is 22.7 Å². The summed E-state index contributed by atoms with van der Waals surface area (Å²) >= 11 is 0. The van der Waals surface area contributed by atoms with Crippen molar-refractivity contribution < 1.29 is 4.74 Å². The highest BCUT2D eigenvalue weighted by molar-refractivity contribution is 5.84. The molecule has 0 saturated carbocycles. The van der Waals surface area contributed by atoms with E-state index in [1.807, 2.05) is 39.7 Å². The third-order valence-electron chi connectivity index (χ3n) is 4.14. The van der Waals surface area contributed by atoms with Gasteiger partial charge in [-0.2, -0.15) is 5.10 Å². The Hall–Kier alpha value is -3.42. The summed E-state index contributed by atoms with van der Waals surface area (Å²) in [7, 11) is 1.66. The predicted molar refractivity (Wildman–Crippen MR) is 98.6 cm³/mol. The number of rotatable bonds is 6. The average Bonchev–Trinajstić information content (AvgIpc) is 3.29. The molecule has 0 spiro atoms. The summed E-state index contributed by atoms with van der Waals surface area (Å²) in [4.78, 5) is 13.0. The van der Waals surface area contributed by atoms with Crippen LogP contribution in [0.25, 0.3) is 11.2 Å². The molecule has 8 heteroatoms. The molecule has 3 aromatic heterocycles. The van der Waals surface area contributed by atoms with Gasteiger partial charge in [-0.25, -0.2) is 15.0 Å². The second kappa shape index (κ2) is 6.83. The molecule has 3 heterocycles. The molecule has 0 bridgehead atoms. The Labute approximate surface area is 150 Å². The van der Waals surface area contributed by atoms with Gasteiger partial charge < -0.3 is 14.6 Å². The first-order valence-corrected chi connectivity index (χ1v) is 8.35. The molecule has 1 aromatic carbocycles. The number of hydrogen-bond donors (Lipinski definition) is 1. The van der Waals surface area contributed by atoms with Gasteiger partial charge in [0.2, 0.25) is 0 Å². The minimum absolute atomic E-state index is 0.672. The predicted octanol–water partition coefficient (Wildman–Crippen LogP) is 2.84. The fourth-order valence-corrected chi connectivity index (χ4v) is 2.77. The monoisotopic (exact) mass is 349 g/mol. The maximum atomic E-state index is 5.18. The highest BCUT2D eigenvalue weighted by atomic mass is 16.5. The van der Waals surface area contributed by atoms with Gasteiger partial charge in [0.25, 0.3) is 0 Å². The Kier molecular flexibility index (Phi) is 4.22. The van der Waals surface area contributed by atoms with Crippen LogP contribution in [0.3, 0.4) is 0 Å². The van der Waals surface area contributed by atoms with E-state index in [0.29, 0.717) is 12.4 Å². The number of ether oxygens (including phenoxy) is 1. The standard InChI is InChI=1S/C18H19N7O/c1-3-24-12-21-16-17(19-11-20-18(16)24)23-14-8-22-25(10-14)9-13-4-6-15(26-2)7-5-13/h4-8,10-12H,3,9H2,1-2H3,(H,19,20,23). The molecule has 4 rings (SSSR count). The summed E-state index contributed by atoms with van der Waals surface area (Å²) in [5.41, 5.74) is 3.56. The molecular weight excluding hydrogens is 330 g/mol. The van der Waals surface area contributed by atoms with Gasteiger partial charge in [-0.05, 0) is 24.6 Å². The van der Waals surface area contributed by atoms with Crippen LogP contribution in [0, 0.1) is 0 Å². The zero-order chi connectivity index (χ0) is 17.9. The quantitative estimate of drug-likeness (QED) is 0.576. The number of imidazole rings is 1. The van der Waals surface area contributed by atoms with Gasteiger partial charge in [0.1, 0.15) is 12.1 Å². The Morgan fingerprint density at radius 2 is 1.96 bits per heavy atom. The van der Waals surface area contributed by atoms with Gasteiger partial charge in [0.15, 0.2) is 17.0 Å². The highest BCUT2D eigenvalue weighted by Crippen LogP contribution is 2.21. The molecule has 0 atom stereocenters. The van der Waals surface area contributed by atoms with Gasteiger partial charge in [-0.15, -0.1) is 0 Å². The lowest BCUT2D eigenvalue weighted by atomic mass is 10.2.